The molecule has 0 saturated carbocycles. The van der Waals surface area contributed by atoms with Gasteiger partial charge in [0.1, 0.15) is 48.8 Å². The van der Waals surface area contributed by atoms with Crippen molar-refractivity contribution >= 4 is 0 Å². The third kappa shape index (κ3) is 3.65. The zero-order chi connectivity index (χ0) is 17.3. The van der Waals surface area contributed by atoms with Gasteiger partial charge < -0.3 is 55.1 Å². The molecule has 0 bridgehead atoms. The van der Waals surface area contributed by atoms with Crippen LogP contribution in [0.15, 0.2) is 0 Å². The minimum atomic E-state index is -1.75. The second-order valence-electron chi connectivity index (χ2n) is 5.53. The Bertz CT molecular complexity index is 380. The molecule has 8 N–H and O–H groups in total. The molecule has 23 heavy (non-hydrogen) atoms. The summed E-state index contributed by atoms with van der Waals surface area (Å²) in [7, 11) is 0. The maximum atomic E-state index is 9.94. The molecule has 2 saturated heterocycles. The summed E-state index contributed by atoms with van der Waals surface area (Å²) in [6.45, 7) is -1.33. The van der Waals surface area contributed by atoms with Crippen molar-refractivity contribution in [2.75, 3.05) is 13.2 Å². The number of hydrogen-bond donors (Lipinski definition) is 8. The fourth-order valence-corrected chi connectivity index (χ4v) is 2.55. The van der Waals surface area contributed by atoms with Gasteiger partial charge in [-0.25, -0.2) is 0 Å². The summed E-state index contributed by atoms with van der Waals surface area (Å²) in [4.78, 5) is 0. The van der Waals surface area contributed by atoms with Gasteiger partial charge in [0, 0.05) is 0 Å². The molecular weight excluding hydrogens is 320 g/mol. The average Bonchev–Trinajstić information content (AvgIpc) is 2.54. The molecule has 2 heterocycles. The summed E-state index contributed by atoms with van der Waals surface area (Å²) in [5.74, 6) is 0. The third-order valence-electron chi connectivity index (χ3n) is 3.98. The second-order valence-corrected chi connectivity index (χ2v) is 5.53. The standard InChI is InChI=1S/C12H22O11/c13-1-3-6(16)8(18)10(11(20)21-3)23-12-9(19)7(17)5(15)4(2-14)22-12/h3-20H,1-2H2/t3?,4-,5+,6-,7?,8-,9?,10?,11?,12+/m0/s1. The van der Waals surface area contributed by atoms with E-state index in [0.29, 0.717) is 0 Å². The zero-order valence-corrected chi connectivity index (χ0v) is 12.0. The van der Waals surface area contributed by atoms with Crippen LogP contribution in [0, 0.1) is 0 Å². The van der Waals surface area contributed by atoms with Crippen LogP contribution in [0.2, 0.25) is 0 Å². The topological polar surface area (TPSA) is 190 Å². The van der Waals surface area contributed by atoms with E-state index in [0.717, 1.165) is 0 Å². The monoisotopic (exact) mass is 342 g/mol. The summed E-state index contributed by atoms with van der Waals surface area (Å²) in [6.07, 6.45) is -15.6. The Labute approximate surface area is 130 Å². The molecule has 11 heteroatoms. The molecule has 0 radical (unpaired) electrons. The van der Waals surface area contributed by atoms with Gasteiger partial charge in [-0.05, 0) is 0 Å². The molecule has 5 unspecified atom stereocenters. The van der Waals surface area contributed by atoms with E-state index in [-0.39, 0.29) is 0 Å². The van der Waals surface area contributed by atoms with Crippen molar-refractivity contribution in [1.82, 2.24) is 0 Å². The first-order chi connectivity index (χ1) is 10.8. The van der Waals surface area contributed by atoms with Gasteiger partial charge in [-0.15, -0.1) is 0 Å². The fourth-order valence-electron chi connectivity index (χ4n) is 2.55. The maximum Gasteiger partial charge on any atom is 0.187 e. The van der Waals surface area contributed by atoms with E-state index in [1.165, 1.54) is 0 Å². The molecule has 0 aromatic rings. The lowest BCUT2D eigenvalue weighted by Gasteiger charge is -2.44. The first-order valence-corrected chi connectivity index (χ1v) is 7.08. The van der Waals surface area contributed by atoms with E-state index in [9.17, 15) is 30.6 Å². The van der Waals surface area contributed by atoms with Gasteiger partial charge in [0.05, 0.1) is 13.2 Å². The van der Waals surface area contributed by atoms with Crippen molar-refractivity contribution < 1.29 is 55.1 Å². The normalized spacial score (nSPS) is 51.7. The van der Waals surface area contributed by atoms with Gasteiger partial charge in [-0.2, -0.15) is 0 Å². The van der Waals surface area contributed by atoms with Crippen molar-refractivity contribution in [3.63, 3.8) is 0 Å². The molecule has 11 nitrogen and oxygen atoms in total. The number of aliphatic hydroxyl groups is 8. The van der Waals surface area contributed by atoms with Gasteiger partial charge in [-0.3, -0.25) is 0 Å². The number of aliphatic hydroxyl groups excluding tert-OH is 8. The summed E-state index contributed by atoms with van der Waals surface area (Å²) in [5, 5.41) is 76.7. The van der Waals surface area contributed by atoms with Crippen molar-refractivity contribution in [2.24, 2.45) is 0 Å². The predicted molar refractivity (Wildman–Crippen MR) is 68.6 cm³/mol. The quantitative estimate of drug-likeness (QED) is 0.243. The molecular formula is C12H22O11. The van der Waals surface area contributed by atoms with Gasteiger partial charge in [0.2, 0.25) is 0 Å². The van der Waals surface area contributed by atoms with E-state index < -0.39 is 74.6 Å². The highest BCUT2D eigenvalue weighted by molar-refractivity contribution is 4.93. The van der Waals surface area contributed by atoms with Gasteiger partial charge in [0.25, 0.3) is 0 Å². The Kier molecular flexibility index (Phi) is 6.27. The predicted octanol–water partition coefficient (Wildman–Crippen LogP) is -5.40. The molecule has 136 valence electrons. The van der Waals surface area contributed by atoms with Crippen LogP contribution in [-0.2, 0) is 14.2 Å². The van der Waals surface area contributed by atoms with E-state index in [1.807, 2.05) is 0 Å². The van der Waals surface area contributed by atoms with Crippen LogP contribution in [-0.4, -0.2) is 115 Å². The van der Waals surface area contributed by atoms with Crippen molar-refractivity contribution in [3.8, 4) is 0 Å². The molecule has 0 spiro atoms. The van der Waals surface area contributed by atoms with Crippen molar-refractivity contribution in [1.29, 1.82) is 0 Å². The highest BCUT2D eigenvalue weighted by atomic mass is 16.7. The Balaban J connectivity index is 2.08. The van der Waals surface area contributed by atoms with E-state index in [4.69, 9.17) is 24.4 Å². The number of hydrogen-bond acceptors (Lipinski definition) is 11. The highest BCUT2D eigenvalue weighted by Crippen LogP contribution is 2.28. The van der Waals surface area contributed by atoms with Crippen LogP contribution in [0.4, 0.5) is 0 Å². The van der Waals surface area contributed by atoms with Crippen molar-refractivity contribution in [2.45, 2.75) is 61.4 Å². The van der Waals surface area contributed by atoms with E-state index in [1.54, 1.807) is 0 Å². The second kappa shape index (κ2) is 7.63. The lowest BCUT2D eigenvalue weighted by atomic mass is 9.97. The van der Waals surface area contributed by atoms with Crippen LogP contribution < -0.4 is 0 Å². The fraction of sp³-hybridized carbons (Fsp3) is 1.00. The molecule has 0 aromatic heterocycles. The third-order valence-corrected chi connectivity index (χ3v) is 3.98. The lowest BCUT2D eigenvalue weighted by molar-refractivity contribution is -0.361. The molecule has 10 atom stereocenters. The van der Waals surface area contributed by atoms with Crippen LogP contribution in [0.5, 0.6) is 0 Å². The lowest BCUT2D eigenvalue weighted by Crippen LogP contribution is -2.64. The van der Waals surface area contributed by atoms with Gasteiger partial charge >= 0.3 is 0 Å². The summed E-state index contributed by atoms with van der Waals surface area (Å²) in [6, 6.07) is 0. The Morgan fingerprint density at radius 1 is 0.652 bits per heavy atom. The first kappa shape index (κ1) is 18.9. The van der Waals surface area contributed by atoms with Crippen LogP contribution in [0.1, 0.15) is 0 Å². The zero-order valence-electron chi connectivity index (χ0n) is 12.0. The smallest absolute Gasteiger partial charge is 0.187 e. The van der Waals surface area contributed by atoms with Crippen LogP contribution >= 0.6 is 0 Å². The molecule has 2 fully saturated rings. The largest absolute Gasteiger partial charge is 0.394 e. The summed E-state index contributed by atoms with van der Waals surface area (Å²) < 4.78 is 15.1. The SMILES string of the molecule is OCC1OC(O)C(O[C@H]2O[C@@H](CO)[C@@H](O)C(O)C2O)[C@@H](O)[C@H]1O. The molecule has 2 aliphatic heterocycles. The Morgan fingerprint density at radius 3 is 1.74 bits per heavy atom. The Morgan fingerprint density at radius 2 is 1.17 bits per heavy atom. The van der Waals surface area contributed by atoms with Crippen LogP contribution in [0.3, 0.4) is 0 Å². The molecule has 2 rings (SSSR count). The molecule has 2 aliphatic rings. The minimum Gasteiger partial charge on any atom is -0.394 e. The van der Waals surface area contributed by atoms with E-state index in [2.05, 4.69) is 0 Å². The van der Waals surface area contributed by atoms with E-state index >= 15 is 0 Å². The summed E-state index contributed by atoms with van der Waals surface area (Å²) >= 11 is 0. The maximum absolute atomic E-state index is 9.94. The first-order valence-electron chi connectivity index (χ1n) is 7.08. The number of rotatable bonds is 4. The molecule has 0 aliphatic carbocycles. The average molecular weight is 342 g/mol. The van der Waals surface area contributed by atoms with Gasteiger partial charge in [0.15, 0.2) is 12.6 Å². The van der Waals surface area contributed by atoms with Gasteiger partial charge in [-0.1, -0.05) is 0 Å². The molecule has 0 aromatic carbocycles. The Hall–Kier alpha value is -0.440. The van der Waals surface area contributed by atoms with Crippen molar-refractivity contribution in [3.05, 3.63) is 0 Å². The van der Waals surface area contributed by atoms with Crippen LogP contribution in [0.25, 0.3) is 0 Å². The highest BCUT2D eigenvalue weighted by Gasteiger charge is 2.50. The molecule has 0 amide bonds. The minimum absolute atomic E-state index is 0.651. The summed E-state index contributed by atoms with van der Waals surface area (Å²) in [5.41, 5.74) is 0. The number of ether oxygens (including phenoxy) is 3.